The zero-order chi connectivity index (χ0) is 66.8. The van der Waals surface area contributed by atoms with Crippen molar-refractivity contribution >= 4 is 39.5 Å². The molecule has 0 aliphatic rings. The normalized spacial score (nSPS) is 14.0. The van der Waals surface area contributed by atoms with Crippen molar-refractivity contribution in [2.75, 3.05) is 39.6 Å². The van der Waals surface area contributed by atoms with Gasteiger partial charge in [-0.2, -0.15) is 6.42 Å². The second kappa shape index (κ2) is 66.7. The summed E-state index contributed by atoms with van der Waals surface area (Å²) in [6.07, 6.45) is 55.0. The number of hydrogen-bond donors (Lipinski definition) is 3. The van der Waals surface area contributed by atoms with E-state index in [1.165, 1.54) is 199 Å². The molecule has 0 rings (SSSR count). The lowest BCUT2D eigenvalue weighted by molar-refractivity contribution is -0.161. The first kappa shape index (κ1) is 89.1. The van der Waals surface area contributed by atoms with Crippen molar-refractivity contribution in [1.82, 2.24) is 0 Å². The van der Waals surface area contributed by atoms with Gasteiger partial charge in [-0.1, -0.05) is 316 Å². The fourth-order valence-electron chi connectivity index (χ4n) is 11.0. The molecule has 0 aliphatic carbocycles. The molecule has 0 aromatic heterocycles. The van der Waals surface area contributed by atoms with Crippen molar-refractivity contribution in [1.29, 1.82) is 0 Å². The van der Waals surface area contributed by atoms with Crippen LogP contribution in [-0.2, 0) is 65.4 Å². The Bertz CT molecular complexity index is 1740. The Morgan fingerprint density at radius 2 is 0.495 bits per heavy atom. The maximum absolute atomic E-state index is 13.0. The van der Waals surface area contributed by atoms with E-state index in [1.54, 1.807) is 0 Å². The number of aliphatic hydroxyl groups is 1. The summed E-state index contributed by atoms with van der Waals surface area (Å²) >= 11 is 0. The molecule has 0 saturated carbocycles. The first-order valence-electron chi connectivity index (χ1n) is 37.6. The average molecular weight is 1340 g/mol. The average Bonchev–Trinajstić information content (AvgIpc) is 3.57. The fourth-order valence-corrected chi connectivity index (χ4v) is 12.6. The Kier molecular flexibility index (Phi) is 65.2. The van der Waals surface area contributed by atoms with Crippen LogP contribution in [0.5, 0.6) is 0 Å². The van der Waals surface area contributed by atoms with Gasteiger partial charge in [-0.05, 0) is 25.7 Å². The second-order valence-electron chi connectivity index (χ2n) is 25.8. The van der Waals surface area contributed by atoms with Gasteiger partial charge in [0.15, 0.2) is 12.2 Å². The molecule has 17 nitrogen and oxygen atoms in total. The van der Waals surface area contributed by atoms with Crippen LogP contribution in [0.4, 0.5) is 0 Å². The molecule has 5 atom stereocenters. The predicted molar refractivity (Wildman–Crippen MR) is 367 cm³/mol. The first-order valence-corrected chi connectivity index (χ1v) is 40.6. The smallest absolute Gasteiger partial charge is 0.462 e. The van der Waals surface area contributed by atoms with E-state index in [2.05, 4.69) is 27.7 Å². The summed E-state index contributed by atoms with van der Waals surface area (Å²) in [6, 6.07) is 0. The molecule has 0 saturated heterocycles. The molecule has 0 heterocycles. The van der Waals surface area contributed by atoms with Crippen LogP contribution in [0, 0.1) is 6.92 Å². The van der Waals surface area contributed by atoms with Gasteiger partial charge in [-0.15, -0.1) is 0 Å². The molecule has 0 amide bonds. The second-order valence-corrected chi connectivity index (χ2v) is 28.7. The highest BCUT2D eigenvalue weighted by Crippen LogP contribution is 2.45. The van der Waals surface area contributed by atoms with Crippen molar-refractivity contribution in [2.45, 2.75) is 392 Å². The Morgan fingerprint density at radius 3 is 0.725 bits per heavy atom. The molecule has 0 spiro atoms. The lowest BCUT2D eigenvalue weighted by Gasteiger charge is -2.21. The zero-order valence-corrected chi connectivity index (χ0v) is 60.3. The lowest BCUT2D eigenvalue weighted by Crippen LogP contribution is -2.30. The molecule has 0 aromatic rings. The van der Waals surface area contributed by atoms with Gasteiger partial charge in [-0.3, -0.25) is 37.3 Å². The van der Waals surface area contributed by atoms with E-state index >= 15 is 0 Å². The van der Waals surface area contributed by atoms with Gasteiger partial charge in [0.1, 0.15) is 19.3 Å². The van der Waals surface area contributed by atoms with Crippen LogP contribution in [0.2, 0.25) is 0 Å². The molecule has 91 heavy (non-hydrogen) atoms. The Labute approximate surface area is 556 Å². The Balaban J connectivity index is 5.17. The number of phosphoric acid groups is 2. The third-order valence-electron chi connectivity index (χ3n) is 16.7. The number of unbranched alkanes of at least 4 members (excludes halogenated alkanes) is 47. The van der Waals surface area contributed by atoms with Crippen LogP contribution in [0.25, 0.3) is 0 Å². The maximum atomic E-state index is 13.0. The molecule has 0 fully saturated rings. The van der Waals surface area contributed by atoms with Crippen molar-refractivity contribution in [3.8, 4) is 0 Å². The van der Waals surface area contributed by atoms with Gasteiger partial charge in [0.2, 0.25) is 0 Å². The SMILES string of the molecule is [CH2-]CCCCCCCC(=O)OC[C@H](COP(=O)(O)OC[C@H](O)COP(=O)(O)OC[C@@H](COC(=O)CCCCCCCCCCCCCCCCC)OC(=O)CCCCCCCCCCCCCCCCC)OC(=O)CCCCCCCCCCCCCCCCC. The molecule has 0 bridgehead atoms. The van der Waals surface area contributed by atoms with E-state index in [-0.39, 0.29) is 25.7 Å². The third-order valence-corrected chi connectivity index (χ3v) is 18.6. The largest absolute Gasteiger partial charge is 0.472 e. The van der Waals surface area contributed by atoms with Crippen LogP contribution < -0.4 is 0 Å². The molecule has 0 radical (unpaired) electrons. The lowest BCUT2D eigenvalue weighted by atomic mass is 10.0. The molecule has 540 valence electrons. The number of aliphatic hydroxyl groups excluding tert-OH is 1. The third kappa shape index (κ3) is 66.5. The molecule has 3 N–H and O–H groups in total. The summed E-state index contributed by atoms with van der Waals surface area (Å²) < 4.78 is 68.2. The number of ether oxygens (including phenoxy) is 4. The van der Waals surface area contributed by atoms with Crippen LogP contribution in [0.3, 0.4) is 0 Å². The maximum Gasteiger partial charge on any atom is 0.472 e. The zero-order valence-electron chi connectivity index (χ0n) is 58.5. The van der Waals surface area contributed by atoms with E-state index in [1.807, 2.05) is 0 Å². The van der Waals surface area contributed by atoms with Gasteiger partial charge >= 0.3 is 39.5 Å². The van der Waals surface area contributed by atoms with Gasteiger partial charge in [-0.25, -0.2) is 9.13 Å². The Hall–Kier alpha value is -1.94. The van der Waals surface area contributed by atoms with Gasteiger partial charge in [0.25, 0.3) is 0 Å². The van der Waals surface area contributed by atoms with Crippen molar-refractivity contribution < 1.29 is 80.2 Å². The summed E-state index contributed by atoms with van der Waals surface area (Å²) in [4.78, 5) is 72.4. The minimum absolute atomic E-state index is 0.104. The van der Waals surface area contributed by atoms with Gasteiger partial charge in [0, 0.05) is 25.7 Å². The highest BCUT2D eigenvalue weighted by atomic mass is 31.2. The number of carbonyl (C=O) groups excluding carboxylic acids is 4. The number of phosphoric ester groups is 2. The van der Waals surface area contributed by atoms with Gasteiger partial charge in [0.05, 0.1) is 26.4 Å². The molecule has 0 aromatic carbocycles. The minimum Gasteiger partial charge on any atom is -0.462 e. The number of carbonyl (C=O) groups is 4. The minimum atomic E-state index is -4.95. The van der Waals surface area contributed by atoms with Crippen molar-refractivity contribution in [3.05, 3.63) is 6.92 Å². The number of esters is 4. The van der Waals surface area contributed by atoms with Crippen LogP contribution in [0.15, 0.2) is 0 Å². The van der Waals surface area contributed by atoms with Crippen molar-refractivity contribution in [3.63, 3.8) is 0 Å². The van der Waals surface area contributed by atoms with Crippen LogP contribution in [-0.4, -0.2) is 96.7 Å². The number of rotatable bonds is 73. The van der Waals surface area contributed by atoms with Crippen molar-refractivity contribution in [2.24, 2.45) is 0 Å². The fraction of sp³-hybridized carbons (Fsp3) is 0.931. The van der Waals surface area contributed by atoms with Crippen LogP contribution >= 0.6 is 15.6 Å². The molecular formula is C72H139O17P2-. The predicted octanol–water partition coefficient (Wildman–Crippen LogP) is 20.9. The summed E-state index contributed by atoms with van der Waals surface area (Å²) in [5.41, 5.74) is 0. The molecule has 19 heteroatoms. The topological polar surface area (TPSA) is 237 Å². The quantitative estimate of drug-likeness (QED) is 0.0169. The monoisotopic (exact) mass is 1340 g/mol. The Morgan fingerprint density at radius 1 is 0.297 bits per heavy atom. The summed E-state index contributed by atoms with van der Waals surface area (Å²) in [7, 11) is -9.90. The standard InChI is InChI=1S/C72H139O17P2/c1-5-9-13-17-21-24-27-30-33-36-39-42-45-49-53-57-70(75)83-63-68(89-72(77)59-55-51-47-44-41-38-35-32-29-26-23-19-15-11-7-3)65-87-91(80,81)85-61-66(73)60-84-90(78,79)86-64-67(62-82-69(74)56-52-48-20-16-12-8-4)88-71(76)58-54-50-46-43-40-37-34-31-28-25-22-18-14-10-6-2/h66-68,73H,4-65H2,1-3H3,(H,78,79)(H,80,81)/q-1/t66-,67+,68+/m0/s1. The van der Waals surface area contributed by atoms with E-state index in [9.17, 15) is 43.2 Å². The van der Waals surface area contributed by atoms with Crippen LogP contribution in [0.1, 0.15) is 374 Å². The summed E-state index contributed by atoms with van der Waals surface area (Å²) in [5, 5.41) is 10.6. The molecule has 0 aliphatic heterocycles. The van der Waals surface area contributed by atoms with E-state index in [0.717, 1.165) is 103 Å². The molecular weight excluding hydrogens is 1200 g/mol. The first-order chi connectivity index (χ1) is 44.2. The summed E-state index contributed by atoms with van der Waals surface area (Å²) in [5.74, 6) is -2.14. The highest BCUT2D eigenvalue weighted by molar-refractivity contribution is 7.47. The van der Waals surface area contributed by atoms with E-state index in [0.29, 0.717) is 25.7 Å². The highest BCUT2D eigenvalue weighted by Gasteiger charge is 2.30. The van der Waals surface area contributed by atoms with Gasteiger partial charge < -0.3 is 40.8 Å². The van der Waals surface area contributed by atoms with E-state index < -0.39 is 97.5 Å². The number of hydrogen-bond acceptors (Lipinski definition) is 15. The molecule has 2 unspecified atom stereocenters. The summed E-state index contributed by atoms with van der Waals surface area (Å²) in [6.45, 7) is 6.61. The van der Waals surface area contributed by atoms with E-state index in [4.69, 9.17) is 37.0 Å².